The Hall–Kier alpha value is -3.61. The Kier molecular flexibility index (Phi) is 6.32. The number of amidine groups is 1. The van der Waals surface area contributed by atoms with Crippen molar-refractivity contribution >= 4 is 11.9 Å². The van der Waals surface area contributed by atoms with Crippen molar-refractivity contribution in [1.82, 2.24) is 14.5 Å². The van der Waals surface area contributed by atoms with Gasteiger partial charge in [-0.15, -0.1) is 0 Å². The molecule has 6 nitrogen and oxygen atoms in total. The lowest BCUT2D eigenvalue weighted by Crippen LogP contribution is -2.52. The molecule has 2 aliphatic heterocycles. The maximum absolute atomic E-state index is 13.5. The molecule has 0 amide bonds. The molecule has 3 aromatic rings. The summed E-state index contributed by atoms with van der Waals surface area (Å²) in [5.41, 5.74) is 5.03. The smallest absolute Gasteiger partial charge is 0.173 e. The zero-order chi connectivity index (χ0) is 24.5. The van der Waals surface area contributed by atoms with Gasteiger partial charge in [0.05, 0.1) is 30.9 Å². The highest BCUT2D eigenvalue weighted by Gasteiger charge is 2.40. The van der Waals surface area contributed by atoms with Crippen molar-refractivity contribution in [3.05, 3.63) is 83.2 Å². The number of piperidine rings is 1. The number of benzene rings is 2. The average molecular weight is 475 g/mol. The second kappa shape index (κ2) is 9.56. The van der Waals surface area contributed by atoms with Gasteiger partial charge in [0, 0.05) is 12.7 Å². The summed E-state index contributed by atoms with van der Waals surface area (Å²) in [5, 5.41) is 4.59. The number of hydrogen-bond acceptors (Lipinski definition) is 5. The Labute approximate surface area is 205 Å². The van der Waals surface area contributed by atoms with E-state index in [1.807, 2.05) is 29.8 Å². The van der Waals surface area contributed by atoms with Crippen LogP contribution in [-0.4, -0.2) is 40.0 Å². The normalized spacial score (nSPS) is 21.0. The van der Waals surface area contributed by atoms with E-state index in [9.17, 15) is 4.39 Å². The second-order valence-electron chi connectivity index (χ2n) is 9.55. The van der Waals surface area contributed by atoms with Crippen LogP contribution in [-0.2, 0) is 4.84 Å². The van der Waals surface area contributed by atoms with Crippen LogP contribution in [0.5, 0.6) is 5.75 Å². The van der Waals surface area contributed by atoms with E-state index in [2.05, 4.69) is 41.0 Å². The van der Waals surface area contributed by atoms with Gasteiger partial charge in [-0.05, 0) is 72.7 Å². The summed E-state index contributed by atoms with van der Waals surface area (Å²) in [4.78, 5) is 12.8. The summed E-state index contributed by atoms with van der Waals surface area (Å²) in [5.74, 6) is 1.75. The third-order valence-electron chi connectivity index (χ3n) is 6.74. The number of ether oxygens (including phenoxy) is 1. The highest BCUT2D eigenvalue weighted by atomic mass is 19.1. The molecule has 0 aliphatic carbocycles. The van der Waals surface area contributed by atoms with E-state index >= 15 is 0 Å². The van der Waals surface area contributed by atoms with Gasteiger partial charge in [0.15, 0.2) is 11.9 Å². The number of hydrogen-bond donors (Lipinski definition) is 0. The van der Waals surface area contributed by atoms with Crippen LogP contribution in [0.1, 0.15) is 49.6 Å². The van der Waals surface area contributed by atoms with Crippen LogP contribution in [0.2, 0.25) is 0 Å². The van der Waals surface area contributed by atoms with Crippen LogP contribution in [0.25, 0.3) is 11.8 Å². The number of oxime groups is 1. The first-order valence-corrected chi connectivity index (χ1v) is 12.1. The molecule has 7 heteroatoms. The largest absolute Gasteiger partial charge is 0.495 e. The summed E-state index contributed by atoms with van der Waals surface area (Å²) in [6.45, 7) is 7.29. The molecule has 1 saturated heterocycles. The van der Waals surface area contributed by atoms with Crippen molar-refractivity contribution in [3.63, 3.8) is 0 Å². The third kappa shape index (κ3) is 4.55. The SMILES string of the molecule is COc1cc(/C=C2\CCCN3C2=NOC(c2ccc(F)cc2)[C@@H]3C(C)C)ccc1-n1cnc(C)c1. The van der Waals surface area contributed by atoms with Gasteiger partial charge in [-0.3, -0.25) is 0 Å². The Morgan fingerprint density at radius 2 is 1.97 bits per heavy atom. The highest BCUT2D eigenvalue weighted by molar-refractivity contribution is 6.03. The predicted molar refractivity (Wildman–Crippen MR) is 135 cm³/mol. The quantitative estimate of drug-likeness (QED) is 0.461. The molecule has 1 unspecified atom stereocenters. The topological polar surface area (TPSA) is 51.9 Å². The summed E-state index contributed by atoms with van der Waals surface area (Å²) in [6, 6.07) is 12.9. The molecule has 1 aromatic heterocycles. The number of aromatic nitrogens is 2. The van der Waals surface area contributed by atoms with E-state index < -0.39 is 0 Å². The number of imidazole rings is 1. The molecule has 182 valence electrons. The monoisotopic (exact) mass is 474 g/mol. The summed E-state index contributed by atoms with van der Waals surface area (Å²) in [6.07, 6.45) is 7.67. The standard InChI is InChI=1S/C28H31FN4O2/c1-18(2)26-27(21-8-10-23(29)11-9-21)35-31-28-22(6-5-13-33(26)28)14-20-7-12-24(25(15-20)34-4)32-16-19(3)30-17-32/h7-12,14-18,26-27H,5-6,13H2,1-4H3/b22-14+/t26-,27?/m0/s1. The van der Waals surface area contributed by atoms with Crippen molar-refractivity contribution in [2.75, 3.05) is 13.7 Å². The number of nitrogens with zero attached hydrogens (tertiary/aromatic N) is 4. The minimum atomic E-state index is -0.248. The van der Waals surface area contributed by atoms with Crippen LogP contribution < -0.4 is 4.74 Å². The molecular formula is C28H31FN4O2. The maximum Gasteiger partial charge on any atom is 0.173 e. The summed E-state index contributed by atoms with van der Waals surface area (Å²) >= 11 is 0. The van der Waals surface area contributed by atoms with Crippen molar-refractivity contribution in [1.29, 1.82) is 0 Å². The lowest BCUT2D eigenvalue weighted by atomic mass is 9.88. The van der Waals surface area contributed by atoms with Crippen LogP contribution in [0.3, 0.4) is 0 Å². The molecule has 1 fully saturated rings. The molecule has 35 heavy (non-hydrogen) atoms. The molecule has 0 saturated carbocycles. The van der Waals surface area contributed by atoms with Gasteiger partial charge in [0.2, 0.25) is 0 Å². The van der Waals surface area contributed by atoms with E-state index in [-0.39, 0.29) is 18.0 Å². The molecule has 0 spiro atoms. The number of methoxy groups -OCH3 is 1. The van der Waals surface area contributed by atoms with Gasteiger partial charge >= 0.3 is 0 Å². The maximum atomic E-state index is 13.5. The molecule has 0 N–H and O–H groups in total. The molecule has 2 atom stereocenters. The fraction of sp³-hybridized carbons (Fsp3) is 0.357. The molecular weight excluding hydrogens is 443 g/mol. The number of fused-ring (bicyclic) bond motifs is 1. The number of halogens is 1. The van der Waals surface area contributed by atoms with Gasteiger partial charge in [0.25, 0.3) is 0 Å². The molecule has 0 bridgehead atoms. The van der Waals surface area contributed by atoms with E-state index in [0.717, 1.165) is 59.1 Å². The van der Waals surface area contributed by atoms with Gasteiger partial charge in [-0.2, -0.15) is 0 Å². The first-order chi connectivity index (χ1) is 16.9. The highest BCUT2D eigenvalue weighted by Crippen LogP contribution is 2.38. The van der Waals surface area contributed by atoms with Gasteiger partial charge in [-0.25, -0.2) is 9.37 Å². The summed E-state index contributed by atoms with van der Waals surface area (Å²) < 4.78 is 21.2. The third-order valence-corrected chi connectivity index (χ3v) is 6.74. The van der Waals surface area contributed by atoms with E-state index in [1.165, 1.54) is 12.1 Å². The Morgan fingerprint density at radius 3 is 2.66 bits per heavy atom. The van der Waals surface area contributed by atoms with Gasteiger partial charge in [-0.1, -0.05) is 37.2 Å². The lowest BCUT2D eigenvalue weighted by Gasteiger charge is -2.45. The molecule has 0 radical (unpaired) electrons. The number of aryl methyl sites for hydroxylation is 1. The molecule has 2 aromatic carbocycles. The molecule has 5 rings (SSSR count). The van der Waals surface area contributed by atoms with E-state index in [0.29, 0.717) is 5.92 Å². The minimum absolute atomic E-state index is 0.109. The fourth-order valence-corrected chi connectivity index (χ4v) is 5.08. The Bertz CT molecular complexity index is 1260. The van der Waals surface area contributed by atoms with Crippen molar-refractivity contribution in [2.45, 2.75) is 45.8 Å². The number of rotatable bonds is 5. The van der Waals surface area contributed by atoms with Crippen LogP contribution in [0.15, 0.2) is 65.7 Å². The Balaban J connectivity index is 1.47. The Morgan fingerprint density at radius 1 is 1.17 bits per heavy atom. The second-order valence-corrected chi connectivity index (χ2v) is 9.55. The van der Waals surface area contributed by atoms with Crippen molar-refractivity contribution < 1.29 is 14.0 Å². The zero-order valence-corrected chi connectivity index (χ0v) is 20.6. The van der Waals surface area contributed by atoms with Gasteiger partial charge < -0.3 is 19.0 Å². The van der Waals surface area contributed by atoms with E-state index in [1.54, 1.807) is 25.6 Å². The van der Waals surface area contributed by atoms with Gasteiger partial charge in [0.1, 0.15) is 11.6 Å². The van der Waals surface area contributed by atoms with Crippen molar-refractivity contribution in [2.24, 2.45) is 11.1 Å². The fourth-order valence-electron chi connectivity index (χ4n) is 5.08. The lowest BCUT2D eigenvalue weighted by molar-refractivity contribution is -0.0371. The average Bonchev–Trinajstić information content (AvgIpc) is 3.29. The predicted octanol–water partition coefficient (Wildman–Crippen LogP) is 5.92. The zero-order valence-electron chi connectivity index (χ0n) is 20.6. The van der Waals surface area contributed by atoms with Crippen LogP contribution in [0.4, 0.5) is 4.39 Å². The minimum Gasteiger partial charge on any atom is -0.495 e. The molecule has 2 aliphatic rings. The van der Waals surface area contributed by atoms with Crippen LogP contribution >= 0.6 is 0 Å². The van der Waals surface area contributed by atoms with Crippen molar-refractivity contribution in [3.8, 4) is 11.4 Å². The first-order valence-electron chi connectivity index (χ1n) is 12.1. The first kappa shape index (κ1) is 23.1. The van der Waals surface area contributed by atoms with Crippen LogP contribution in [0, 0.1) is 18.7 Å². The van der Waals surface area contributed by atoms with E-state index in [4.69, 9.17) is 9.57 Å². The summed E-state index contributed by atoms with van der Waals surface area (Å²) in [7, 11) is 1.68. The molecule has 3 heterocycles.